The van der Waals surface area contributed by atoms with E-state index in [0.717, 1.165) is 16.5 Å². The first-order valence-electron chi connectivity index (χ1n) is 10.3. The van der Waals surface area contributed by atoms with Crippen molar-refractivity contribution < 1.29 is 23.8 Å². The molecule has 2 N–H and O–H groups in total. The van der Waals surface area contributed by atoms with Crippen LogP contribution in [0.5, 0.6) is 5.75 Å². The highest BCUT2D eigenvalue weighted by Gasteiger charge is 2.26. The molecule has 1 amide bonds. The molecule has 6 nitrogen and oxygen atoms in total. The van der Waals surface area contributed by atoms with Crippen LogP contribution >= 0.6 is 0 Å². The van der Waals surface area contributed by atoms with Crippen LogP contribution in [-0.2, 0) is 14.3 Å². The maximum atomic E-state index is 11.5. The number of hydrogen-bond donors (Lipinski definition) is 1. The Morgan fingerprint density at radius 3 is 2.10 bits per heavy atom. The summed E-state index contributed by atoms with van der Waals surface area (Å²) >= 11 is 0. The molecule has 0 heterocycles. The maximum absolute atomic E-state index is 11.5. The van der Waals surface area contributed by atoms with Crippen molar-refractivity contribution in [3.63, 3.8) is 0 Å². The molecule has 0 saturated carbocycles. The van der Waals surface area contributed by atoms with E-state index in [4.69, 9.17) is 15.2 Å². The van der Waals surface area contributed by atoms with Crippen LogP contribution in [0.1, 0.15) is 54.9 Å². The second-order valence-corrected chi connectivity index (χ2v) is 8.39. The Morgan fingerprint density at radius 1 is 1.00 bits per heavy atom. The van der Waals surface area contributed by atoms with Crippen LogP contribution in [-0.4, -0.2) is 29.9 Å². The van der Waals surface area contributed by atoms with Gasteiger partial charge in [-0.15, -0.1) is 0 Å². The molecule has 6 heteroatoms. The van der Waals surface area contributed by atoms with Crippen molar-refractivity contribution in [2.75, 3.05) is 0 Å². The molecule has 0 aliphatic rings. The zero-order valence-electron chi connectivity index (χ0n) is 19.1. The summed E-state index contributed by atoms with van der Waals surface area (Å²) in [6, 6.07) is 14.1. The van der Waals surface area contributed by atoms with Crippen molar-refractivity contribution in [3.8, 4) is 5.75 Å². The first-order chi connectivity index (χ1) is 13.9. The zero-order chi connectivity index (χ0) is 22.9. The molecule has 0 radical (unpaired) electrons. The van der Waals surface area contributed by atoms with E-state index < -0.39 is 11.7 Å². The second kappa shape index (κ2) is 11.4. The first-order valence-corrected chi connectivity index (χ1v) is 10.3. The molecule has 0 spiro atoms. The summed E-state index contributed by atoms with van der Waals surface area (Å²) in [5.74, 6) is 0.870. The van der Waals surface area contributed by atoms with E-state index >= 15 is 0 Å². The average molecular weight is 418 g/mol. The lowest BCUT2D eigenvalue weighted by atomic mass is 10.0. The fraction of sp³-hybridized carbons (Fsp3) is 0.500. The van der Waals surface area contributed by atoms with Gasteiger partial charge in [0.25, 0.3) is 0 Å². The second-order valence-electron chi connectivity index (χ2n) is 8.39. The molecule has 0 bridgehead atoms. The number of carbonyl (C=O) groups excluding carboxylic acids is 2. The van der Waals surface area contributed by atoms with E-state index in [1.165, 1.54) is 0 Å². The summed E-state index contributed by atoms with van der Waals surface area (Å²) in [7, 11) is 0. The summed E-state index contributed by atoms with van der Waals surface area (Å²) in [5.41, 5.74) is 4.26. The van der Waals surface area contributed by atoms with E-state index in [-0.39, 0.29) is 24.1 Å². The van der Waals surface area contributed by atoms with Crippen LogP contribution in [0, 0.1) is 5.92 Å². The molecule has 0 aromatic heterocycles. The van der Waals surface area contributed by atoms with Crippen LogP contribution in [0.2, 0.25) is 0 Å². The van der Waals surface area contributed by atoms with Gasteiger partial charge in [-0.05, 0) is 45.1 Å². The summed E-state index contributed by atoms with van der Waals surface area (Å²) in [6.07, 6.45) is -0.811. The molecule has 2 aromatic carbocycles. The Bertz CT molecular complexity index is 820. The van der Waals surface area contributed by atoms with Crippen molar-refractivity contribution in [3.05, 3.63) is 42.5 Å². The fourth-order valence-corrected chi connectivity index (χ4v) is 2.88. The molecule has 2 unspecified atom stereocenters. The number of ether oxygens (including phenoxy) is 3. The topological polar surface area (TPSA) is 87.9 Å². The van der Waals surface area contributed by atoms with Gasteiger partial charge in [-0.2, -0.15) is 0 Å². The predicted molar refractivity (Wildman–Crippen MR) is 119 cm³/mol. The number of primary amides is 1. The lowest BCUT2D eigenvalue weighted by Crippen LogP contribution is -2.37. The molecule has 0 aliphatic carbocycles. The Hall–Kier alpha value is -2.76. The maximum Gasteiger partial charge on any atom is 0.405 e. The van der Waals surface area contributed by atoms with Gasteiger partial charge in [0.05, 0.1) is 0 Å². The molecule has 30 heavy (non-hydrogen) atoms. The number of hydrogen-bond acceptors (Lipinski definition) is 5. The molecule has 2 rings (SSSR count). The Labute approximate surface area is 179 Å². The van der Waals surface area contributed by atoms with E-state index in [1.54, 1.807) is 27.7 Å². The van der Waals surface area contributed by atoms with Gasteiger partial charge in [0.2, 0.25) is 0 Å². The van der Waals surface area contributed by atoms with Gasteiger partial charge < -0.3 is 19.9 Å². The van der Waals surface area contributed by atoms with Gasteiger partial charge in [0, 0.05) is 11.8 Å². The lowest BCUT2D eigenvalue weighted by molar-refractivity contribution is -0.153. The fourth-order valence-electron chi connectivity index (χ4n) is 2.88. The third-order valence-electron chi connectivity index (χ3n) is 4.15. The summed E-state index contributed by atoms with van der Waals surface area (Å²) in [5, 5.41) is 2.21. The van der Waals surface area contributed by atoms with E-state index in [1.807, 2.05) is 37.3 Å². The van der Waals surface area contributed by atoms with Crippen molar-refractivity contribution >= 4 is 22.8 Å². The van der Waals surface area contributed by atoms with Crippen LogP contribution < -0.4 is 10.5 Å². The molecule has 2 aromatic rings. The van der Waals surface area contributed by atoms with Crippen LogP contribution in [0.25, 0.3) is 10.8 Å². The molecular weight excluding hydrogens is 382 g/mol. The minimum atomic E-state index is -0.725. The highest BCUT2D eigenvalue weighted by molar-refractivity contribution is 5.88. The van der Waals surface area contributed by atoms with Crippen molar-refractivity contribution in [1.29, 1.82) is 0 Å². The van der Waals surface area contributed by atoms with Crippen LogP contribution in [0.3, 0.4) is 0 Å². The predicted octanol–water partition coefficient (Wildman–Crippen LogP) is 5.47. The first kappa shape index (κ1) is 25.3. The number of fused-ring (bicyclic) bond motifs is 1. The van der Waals surface area contributed by atoms with Gasteiger partial charge in [-0.3, -0.25) is 4.79 Å². The number of benzene rings is 2. The standard InChI is InChI=1S/C19H24O3.C5H11NO2/c1-5-18(20)21-14(4)19(13(2)3)22-17-12-8-10-15-9-6-7-11-16(15)17;1-5(2,3)8-4(6)7/h6-14,19H,5H2,1-4H3;1-3H3,(H2,6,7). The minimum absolute atomic E-state index is 0.179. The summed E-state index contributed by atoms with van der Waals surface area (Å²) in [4.78, 5) is 21.6. The van der Waals surface area contributed by atoms with Crippen molar-refractivity contribution in [2.24, 2.45) is 11.7 Å². The van der Waals surface area contributed by atoms with Gasteiger partial charge in [-0.1, -0.05) is 57.2 Å². The molecule has 2 atom stereocenters. The monoisotopic (exact) mass is 417 g/mol. The largest absolute Gasteiger partial charge is 0.486 e. The number of carbonyl (C=O) groups is 2. The Morgan fingerprint density at radius 2 is 1.60 bits per heavy atom. The van der Waals surface area contributed by atoms with E-state index in [2.05, 4.69) is 30.7 Å². The number of nitrogens with two attached hydrogens (primary N) is 1. The van der Waals surface area contributed by atoms with Gasteiger partial charge in [0.1, 0.15) is 23.6 Å². The molecule has 166 valence electrons. The number of rotatable bonds is 6. The SMILES string of the molecule is CC(C)(C)OC(N)=O.CCC(=O)OC(C)C(Oc1cccc2ccccc12)C(C)C. The van der Waals surface area contributed by atoms with Crippen molar-refractivity contribution in [1.82, 2.24) is 0 Å². The van der Waals surface area contributed by atoms with E-state index in [0.29, 0.717) is 6.42 Å². The van der Waals surface area contributed by atoms with Gasteiger partial charge in [-0.25, -0.2) is 4.79 Å². The highest BCUT2D eigenvalue weighted by Crippen LogP contribution is 2.28. The summed E-state index contributed by atoms with van der Waals surface area (Å²) in [6.45, 7) is 13.1. The van der Waals surface area contributed by atoms with Crippen LogP contribution in [0.15, 0.2) is 42.5 Å². The Kier molecular flexibility index (Phi) is 9.63. The third kappa shape index (κ3) is 8.72. The Balaban J connectivity index is 0.000000479. The minimum Gasteiger partial charge on any atom is -0.486 e. The van der Waals surface area contributed by atoms with Crippen LogP contribution in [0.4, 0.5) is 4.79 Å². The van der Waals surface area contributed by atoms with Crippen molar-refractivity contribution in [2.45, 2.75) is 72.7 Å². The molecule has 0 saturated heterocycles. The zero-order valence-corrected chi connectivity index (χ0v) is 19.1. The molecule has 0 aliphatic heterocycles. The molecule has 0 fully saturated rings. The average Bonchev–Trinajstić information content (AvgIpc) is 2.64. The highest BCUT2D eigenvalue weighted by atomic mass is 16.6. The van der Waals surface area contributed by atoms with Gasteiger partial charge >= 0.3 is 12.1 Å². The van der Waals surface area contributed by atoms with Gasteiger partial charge in [0.15, 0.2) is 0 Å². The quantitative estimate of drug-likeness (QED) is 0.630. The summed E-state index contributed by atoms with van der Waals surface area (Å²) < 4.78 is 16.2. The third-order valence-corrected chi connectivity index (χ3v) is 4.15. The smallest absolute Gasteiger partial charge is 0.405 e. The normalized spacial score (nSPS) is 13.1. The molecular formula is C24H35NO5. The number of amides is 1. The van der Waals surface area contributed by atoms with E-state index in [9.17, 15) is 9.59 Å². The lowest BCUT2D eigenvalue weighted by Gasteiger charge is -2.28. The number of esters is 1.